The lowest BCUT2D eigenvalue weighted by molar-refractivity contribution is -0.134. The summed E-state index contributed by atoms with van der Waals surface area (Å²) in [4.78, 5) is 30.1. The van der Waals surface area contributed by atoms with Crippen molar-refractivity contribution in [2.75, 3.05) is 5.75 Å². The van der Waals surface area contributed by atoms with Crippen LogP contribution in [0.4, 0.5) is 0 Å². The van der Waals surface area contributed by atoms with Gasteiger partial charge in [0.15, 0.2) is 5.16 Å². The van der Waals surface area contributed by atoms with Gasteiger partial charge in [-0.1, -0.05) is 11.8 Å². The molecule has 0 N–H and O–H groups in total. The Morgan fingerprint density at radius 2 is 2.00 bits per heavy atom. The van der Waals surface area contributed by atoms with Gasteiger partial charge in [-0.2, -0.15) is 4.98 Å². The van der Waals surface area contributed by atoms with E-state index < -0.39 is 0 Å². The molecular weight excluding hydrogens is 298 g/mol. The van der Waals surface area contributed by atoms with Crippen molar-refractivity contribution in [3.8, 4) is 0 Å². The Morgan fingerprint density at radius 3 is 2.59 bits per heavy atom. The van der Waals surface area contributed by atoms with Gasteiger partial charge < -0.3 is 9.47 Å². The molecular formula is C16H25N3O2S. The van der Waals surface area contributed by atoms with Gasteiger partial charge in [0.05, 0.1) is 5.75 Å². The van der Waals surface area contributed by atoms with Crippen LogP contribution in [0.15, 0.2) is 22.2 Å². The third kappa shape index (κ3) is 3.91. The molecule has 1 fully saturated rings. The van der Waals surface area contributed by atoms with Crippen LogP contribution in [0.25, 0.3) is 0 Å². The summed E-state index contributed by atoms with van der Waals surface area (Å²) >= 11 is 1.36. The Bertz CT molecular complexity index is 575. The topological polar surface area (TPSA) is 55.2 Å². The van der Waals surface area contributed by atoms with Crippen LogP contribution >= 0.6 is 11.8 Å². The highest BCUT2D eigenvalue weighted by Crippen LogP contribution is 2.25. The van der Waals surface area contributed by atoms with E-state index in [4.69, 9.17) is 0 Å². The maximum atomic E-state index is 12.5. The first kappa shape index (κ1) is 17.1. The lowest BCUT2D eigenvalue weighted by Gasteiger charge is -2.39. The van der Waals surface area contributed by atoms with E-state index in [0.717, 1.165) is 12.8 Å². The minimum atomic E-state index is -0.258. The summed E-state index contributed by atoms with van der Waals surface area (Å²) in [6, 6.07) is 2.26. The molecule has 2 rings (SSSR count). The van der Waals surface area contributed by atoms with Gasteiger partial charge in [-0.25, -0.2) is 0 Å². The predicted octanol–water partition coefficient (Wildman–Crippen LogP) is 2.71. The number of nitrogens with zero attached hydrogens (tertiary/aromatic N) is 3. The number of likely N-dealkylation sites (tertiary alicyclic amines) is 1. The Hall–Kier alpha value is -1.30. The molecule has 22 heavy (non-hydrogen) atoms. The molecule has 2 heterocycles. The quantitative estimate of drug-likeness (QED) is 0.631. The molecule has 0 spiro atoms. The Balaban J connectivity index is 2.08. The highest BCUT2D eigenvalue weighted by molar-refractivity contribution is 7.99. The summed E-state index contributed by atoms with van der Waals surface area (Å²) in [5.74, 6) is 0.468. The maximum absolute atomic E-state index is 12.5. The van der Waals surface area contributed by atoms with Crippen molar-refractivity contribution >= 4 is 17.7 Å². The maximum Gasteiger partial charge on any atom is 0.273 e. The van der Waals surface area contributed by atoms with Crippen molar-refractivity contribution in [2.24, 2.45) is 0 Å². The van der Waals surface area contributed by atoms with Crippen LogP contribution in [0.3, 0.4) is 0 Å². The second-order valence-corrected chi connectivity index (χ2v) is 7.21. The number of thioether (sulfide) groups is 1. The molecule has 1 aliphatic rings. The van der Waals surface area contributed by atoms with E-state index >= 15 is 0 Å². The zero-order chi connectivity index (χ0) is 16.3. The minimum Gasteiger partial charge on any atom is -0.337 e. The van der Waals surface area contributed by atoms with Crippen molar-refractivity contribution < 1.29 is 4.79 Å². The summed E-state index contributed by atoms with van der Waals surface area (Å²) in [5.41, 5.74) is -0.258. The summed E-state index contributed by atoms with van der Waals surface area (Å²) in [7, 11) is 0. The molecule has 0 bridgehead atoms. The number of hydrogen-bond acceptors (Lipinski definition) is 4. The molecule has 1 aromatic rings. The van der Waals surface area contributed by atoms with Crippen LogP contribution < -0.4 is 5.56 Å². The second kappa shape index (κ2) is 7.31. The van der Waals surface area contributed by atoms with Gasteiger partial charge in [0.25, 0.3) is 5.56 Å². The number of rotatable bonds is 4. The highest BCUT2D eigenvalue weighted by Gasteiger charge is 2.28. The molecule has 0 aliphatic carbocycles. The Kier molecular flexibility index (Phi) is 5.67. The molecule has 5 nitrogen and oxygen atoms in total. The van der Waals surface area contributed by atoms with Crippen molar-refractivity contribution in [3.63, 3.8) is 0 Å². The lowest BCUT2D eigenvalue weighted by Crippen LogP contribution is -2.48. The third-order valence-corrected chi connectivity index (χ3v) is 5.12. The van der Waals surface area contributed by atoms with Crippen LogP contribution in [0.5, 0.6) is 0 Å². The zero-order valence-corrected chi connectivity index (χ0v) is 14.6. The molecule has 0 saturated carbocycles. The van der Waals surface area contributed by atoms with Crippen LogP contribution in [0, 0.1) is 0 Å². The minimum absolute atomic E-state index is 0.137. The molecule has 1 aromatic heterocycles. The van der Waals surface area contributed by atoms with Crippen molar-refractivity contribution in [1.29, 1.82) is 0 Å². The molecule has 6 heteroatoms. The van der Waals surface area contributed by atoms with Gasteiger partial charge in [-0.15, -0.1) is 0 Å². The van der Waals surface area contributed by atoms with E-state index in [1.807, 2.05) is 23.3 Å². The molecule has 0 radical (unpaired) electrons. The van der Waals surface area contributed by atoms with Gasteiger partial charge in [0.1, 0.15) is 0 Å². The predicted molar refractivity (Wildman–Crippen MR) is 89.2 cm³/mol. The molecule has 1 saturated heterocycles. The van der Waals surface area contributed by atoms with Gasteiger partial charge in [0, 0.05) is 30.4 Å². The number of piperidine rings is 1. The average molecular weight is 323 g/mol. The highest BCUT2D eigenvalue weighted by atomic mass is 32.2. The van der Waals surface area contributed by atoms with E-state index in [-0.39, 0.29) is 17.5 Å². The SMILES string of the molecule is CC(C)n1ccc(=O)nc1SCC(=O)N1[C@@H](C)CCC[C@@H]1C. The first-order chi connectivity index (χ1) is 10.4. The molecule has 1 aliphatic heterocycles. The van der Waals surface area contributed by atoms with Gasteiger partial charge >= 0.3 is 0 Å². The first-order valence-electron chi connectivity index (χ1n) is 7.93. The van der Waals surface area contributed by atoms with Crippen LogP contribution in [0.1, 0.15) is 53.0 Å². The summed E-state index contributed by atoms with van der Waals surface area (Å²) in [6.07, 6.45) is 5.08. The van der Waals surface area contributed by atoms with E-state index in [2.05, 4.69) is 18.8 Å². The fourth-order valence-electron chi connectivity index (χ4n) is 3.01. The van der Waals surface area contributed by atoms with Crippen LogP contribution in [0.2, 0.25) is 0 Å². The smallest absolute Gasteiger partial charge is 0.273 e. The monoisotopic (exact) mass is 323 g/mol. The molecule has 0 unspecified atom stereocenters. The zero-order valence-electron chi connectivity index (χ0n) is 13.8. The van der Waals surface area contributed by atoms with E-state index in [9.17, 15) is 9.59 Å². The second-order valence-electron chi connectivity index (χ2n) is 6.27. The van der Waals surface area contributed by atoms with Gasteiger partial charge in [0.2, 0.25) is 5.91 Å². The largest absolute Gasteiger partial charge is 0.337 e. The summed E-state index contributed by atoms with van der Waals surface area (Å²) in [5, 5.41) is 0.619. The van der Waals surface area contributed by atoms with Crippen LogP contribution in [-0.2, 0) is 4.79 Å². The lowest BCUT2D eigenvalue weighted by atomic mass is 9.98. The summed E-state index contributed by atoms with van der Waals surface area (Å²) < 4.78 is 1.93. The molecule has 0 aromatic carbocycles. The number of amides is 1. The number of carbonyl (C=O) groups excluding carboxylic acids is 1. The average Bonchev–Trinajstić information content (AvgIpc) is 2.44. The fourth-order valence-corrected chi connectivity index (χ4v) is 3.99. The third-order valence-electron chi connectivity index (χ3n) is 4.17. The fraction of sp³-hybridized carbons (Fsp3) is 0.688. The molecule has 1 amide bonds. The Labute approximate surface area is 136 Å². The van der Waals surface area contributed by atoms with E-state index in [0.29, 0.717) is 23.0 Å². The first-order valence-corrected chi connectivity index (χ1v) is 8.92. The van der Waals surface area contributed by atoms with Crippen molar-refractivity contribution in [3.05, 3.63) is 22.6 Å². The van der Waals surface area contributed by atoms with Crippen molar-refractivity contribution in [2.45, 2.75) is 70.2 Å². The van der Waals surface area contributed by atoms with E-state index in [1.165, 1.54) is 24.2 Å². The number of aromatic nitrogens is 2. The van der Waals surface area contributed by atoms with Gasteiger partial charge in [-0.3, -0.25) is 9.59 Å². The van der Waals surface area contributed by atoms with E-state index in [1.54, 1.807) is 6.20 Å². The summed E-state index contributed by atoms with van der Waals surface area (Å²) in [6.45, 7) is 8.30. The molecule has 2 atom stereocenters. The Morgan fingerprint density at radius 1 is 1.36 bits per heavy atom. The van der Waals surface area contributed by atoms with Crippen LogP contribution in [-0.4, -0.2) is 38.2 Å². The standard InChI is InChI=1S/C16H25N3O2S/c1-11(2)18-9-8-14(20)17-16(18)22-10-15(21)19-12(3)6-5-7-13(19)4/h8-9,11-13H,5-7,10H2,1-4H3/t12-,13-/m0/s1. The van der Waals surface area contributed by atoms with Gasteiger partial charge in [-0.05, 0) is 47.0 Å². The van der Waals surface area contributed by atoms with Crippen molar-refractivity contribution in [1.82, 2.24) is 14.5 Å². The number of carbonyl (C=O) groups is 1. The normalized spacial score (nSPS) is 22.1. The molecule has 122 valence electrons. The number of hydrogen-bond donors (Lipinski definition) is 0.